The van der Waals surface area contributed by atoms with E-state index in [-0.39, 0.29) is 11.7 Å². The van der Waals surface area contributed by atoms with Crippen LogP contribution in [-0.2, 0) is 11.2 Å². The summed E-state index contributed by atoms with van der Waals surface area (Å²) in [7, 11) is 0. The Morgan fingerprint density at radius 3 is 2.48 bits per heavy atom. The molecule has 23 heavy (non-hydrogen) atoms. The van der Waals surface area contributed by atoms with E-state index in [1.165, 1.54) is 0 Å². The van der Waals surface area contributed by atoms with Crippen molar-refractivity contribution in [3.63, 3.8) is 0 Å². The maximum atomic E-state index is 11.8. The smallest absolute Gasteiger partial charge is 0.220 e. The Balaban J connectivity index is 1.56. The largest absolute Gasteiger partial charge is 0.508 e. The Hall–Kier alpha value is -1.65. The van der Waals surface area contributed by atoms with Crippen LogP contribution in [-0.4, -0.2) is 23.3 Å². The molecule has 2 aromatic rings. The summed E-state index contributed by atoms with van der Waals surface area (Å²) in [4.78, 5) is 12.9. The molecule has 0 atom stereocenters. The summed E-state index contributed by atoms with van der Waals surface area (Å²) < 4.78 is 0. The van der Waals surface area contributed by atoms with Crippen molar-refractivity contribution in [1.82, 2.24) is 5.32 Å². The summed E-state index contributed by atoms with van der Waals surface area (Å²) in [6, 6.07) is 14.8. The van der Waals surface area contributed by atoms with Gasteiger partial charge < -0.3 is 10.4 Å². The van der Waals surface area contributed by atoms with Crippen molar-refractivity contribution in [3.05, 3.63) is 59.1 Å². The highest BCUT2D eigenvalue weighted by molar-refractivity contribution is 7.99. The number of carbonyl (C=O) groups is 1. The summed E-state index contributed by atoms with van der Waals surface area (Å²) in [6.45, 7) is 0.672. The lowest BCUT2D eigenvalue weighted by molar-refractivity contribution is -0.120. The average molecular weight is 350 g/mol. The lowest BCUT2D eigenvalue weighted by Crippen LogP contribution is -2.24. The number of benzene rings is 2. The molecule has 0 saturated carbocycles. The molecule has 2 rings (SSSR count). The van der Waals surface area contributed by atoms with Gasteiger partial charge in [0.15, 0.2) is 0 Å². The third-order valence-corrected chi connectivity index (χ3v) is 4.58. The van der Waals surface area contributed by atoms with Gasteiger partial charge in [0.05, 0.1) is 0 Å². The van der Waals surface area contributed by atoms with Gasteiger partial charge >= 0.3 is 0 Å². The Kier molecular flexibility index (Phi) is 7.30. The molecule has 0 unspecified atom stereocenters. The van der Waals surface area contributed by atoms with Gasteiger partial charge in [-0.25, -0.2) is 0 Å². The van der Waals surface area contributed by atoms with E-state index < -0.39 is 0 Å². The van der Waals surface area contributed by atoms with Gasteiger partial charge in [-0.05, 0) is 54.8 Å². The molecule has 0 radical (unpaired) electrons. The molecule has 0 spiro atoms. The van der Waals surface area contributed by atoms with E-state index in [0.717, 1.165) is 34.1 Å². The molecule has 5 heteroatoms. The zero-order valence-corrected chi connectivity index (χ0v) is 14.4. The minimum atomic E-state index is 0.0807. The number of hydrogen-bond acceptors (Lipinski definition) is 3. The molecule has 1 amide bonds. The first-order valence-corrected chi connectivity index (χ1v) is 8.93. The topological polar surface area (TPSA) is 49.3 Å². The maximum Gasteiger partial charge on any atom is 0.220 e. The Bertz CT molecular complexity index is 614. The number of aromatic hydroxyl groups is 1. The van der Waals surface area contributed by atoms with E-state index in [1.807, 2.05) is 36.4 Å². The van der Waals surface area contributed by atoms with E-state index in [9.17, 15) is 9.90 Å². The summed E-state index contributed by atoms with van der Waals surface area (Å²) in [5.41, 5.74) is 1.16. The zero-order valence-electron chi connectivity index (χ0n) is 12.8. The molecule has 0 heterocycles. The van der Waals surface area contributed by atoms with Crippen LogP contribution in [0.3, 0.4) is 0 Å². The van der Waals surface area contributed by atoms with Gasteiger partial charge in [0.2, 0.25) is 5.91 Å². The fourth-order valence-electron chi connectivity index (χ4n) is 2.06. The van der Waals surface area contributed by atoms with Crippen LogP contribution in [0.4, 0.5) is 0 Å². The van der Waals surface area contributed by atoms with Crippen molar-refractivity contribution < 1.29 is 9.90 Å². The molecule has 0 bridgehead atoms. The van der Waals surface area contributed by atoms with Crippen molar-refractivity contribution >= 4 is 29.3 Å². The summed E-state index contributed by atoms with van der Waals surface area (Å²) in [5, 5.41) is 12.9. The quantitative estimate of drug-likeness (QED) is 0.552. The van der Waals surface area contributed by atoms with Crippen LogP contribution in [0.15, 0.2) is 53.4 Å². The van der Waals surface area contributed by atoms with Crippen LogP contribution in [0.1, 0.15) is 18.4 Å². The number of aryl methyl sites for hydroxylation is 1. The van der Waals surface area contributed by atoms with Gasteiger partial charge in [-0.15, -0.1) is 11.8 Å². The molecule has 3 nitrogen and oxygen atoms in total. The molecule has 2 aromatic carbocycles. The van der Waals surface area contributed by atoms with E-state index in [1.54, 1.807) is 23.9 Å². The van der Waals surface area contributed by atoms with E-state index in [4.69, 9.17) is 11.6 Å². The molecular formula is C18H20ClNO2S. The van der Waals surface area contributed by atoms with Gasteiger partial charge in [-0.2, -0.15) is 0 Å². The normalized spacial score (nSPS) is 10.5. The molecule has 122 valence electrons. The van der Waals surface area contributed by atoms with E-state index in [0.29, 0.717) is 13.0 Å². The highest BCUT2D eigenvalue weighted by atomic mass is 35.5. The number of phenols is 1. The van der Waals surface area contributed by atoms with Crippen LogP contribution in [0.25, 0.3) is 0 Å². The van der Waals surface area contributed by atoms with Crippen molar-refractivity contribution in [3.8, 4) is 5.75 Å². The standard InChI is InChI=1S/C18H20ClNO2S/c19-15-5-9-17(10-6-15)23-13-11-18(22)20-12-1-2-14-3-7-16(21)8-4-14/h3-10,21H,1-2,11-13H2,(H,20,22). The predicted octanol–water partition coefficient (Wildman–Crippen LogP) is 4.28. The van der Waals surface area contributed by atoms with Gasteiger partial charge in [0.1, 0.15) is 5.75 Å². The number of phenolic OH excluding ortho intramolecular Hbond substituents is 1. The van der Waals surface area contributed by atoms with Gasteiger partial charge in [-0.3, -0.25) is 4.79 Å². The number of carbonyl (C=O) groups excluding carboxylic acids is 1. The number of thioether (sulfide) groups is 1. The number of rotatable bonds is 8. The molecule has 0 aliphatic rings. The van der Waals surface area contributed by atoms with Crippen LogP contribution >= 0.6 is 23.4 Å². The van der Waals surface area contributed by atoms with Gasteiger partial charge in [-0.1, -0.05) is 23.7 Å². The van der Waals surface area contributed by atoms with Crippen molar-refractivity contribution in [2.75, 3.05) is 12.3 Å². The highest BCUT2D eigenvalue weighted by Crippen LogP contribution is 2.20. The van der Waals surface area contributed by atoms with Crippen LogP contribution in [0.2, 0.25) is 5.02 Å². The number of halogens is 1. The highest BCUT2D eigenvalue weighted by Gasteiger charge is 2.02. The Morgan fingerprint density at radius 2 is 1.78 bits per heavy atom. The van der Waals surface area contributed by atoms with E-state index >= 15 is 0 Å². The lowest BCUT2D eigenvalue weighted by Gasteiger charge is -2.06. The van der Waals surface area contributed by atoms with Crippen LogP contribution < -0.4 is 5.32 Å². The SMILES string of the molecule is O=C(CCSc1ccc(Cl)cc1)NCCCc1ccc(O)cc1. The number of hydrogen-bond donors (Lipinski definition) is 2. The Labute approximate surface area is 146 Å². The molecular weight excluding hydrogens is 330 g/mol. The van der Waals surface area contributed by atoms with E-state index in [2.05, 4.69) is 5.32 Å². The molecule has 2 N–H and O–H groups in total. The molecule has 0 aromatic heterocycles. The van der Waals surface area contributed by atoms with Crippen molar-refractivity contribution in [2.45, 2.75) is 24.2 Å². The van der Waals surface area contributed by atoms with Gasteiger partial charge in [0.25, 0.3) is 0 Å². The summed E-state index contributed by atoms with van der Waals surface area (Å²) >= 11 is 7.49. The molecule has 0 fully saturated rings. The predicted molar refractivity (Wildman–Crippen MR) is 96.2 cm³/mol. The zero-order chi connectivity index (χ0) is 16.5. The second-order valence-electron chi connectivity index (χ2n) is 5.17. The Morgan fingerprint density at radius 1 is 1.09 bits per heavy atom. The number of nitrogens with one attached hydrogen (secondary N) is 1. The first-order valence-electron chi connectivity index (χ1n) is 7.56. The third kappa shape index (κ3) is 6.97. The minimum absolute atomic E-state index is 0.0807. The minimum Gasteiger partial charge on any atom is -0.508 e. The number of amides is 1. The fourth-order valence-corrected chi connectivity index (χ4v) is 3.04. The fraction of sp³-hybridized carbons (Fsp3) is 0.278. The second-order valence-corrected chi connectivity index (χ2v) is 6.78. The lowest BCUT2D eigenvalue weighted by atomic mass is 10.1. The van der Waals surface area contributed by atoms with Crippen molar-refractivity contribution in [2.24, 2.45) is 0 Å². The first kappa shape index (κ1) is 17.7. The third-order valence-electron chi connectivity index (χ3n) is 3.31. The van der Waals surface area contributed by atoms with Gasteiger partial charge in [0, 0.05) is 28.6 Å². The first-order chi connectivity index (χ1) is 11.1. The maximum absolute atomic E-state index is 11.8. The summed E-state index contributed by atoms with van der Waals surface area (Å²) in [5.74, 6) is 1.11. The average Bonchev–Trinajstić information content (AvgIpc) is 2.55. The molecule has 0 aliphatic carbocycles. The van der Waals surface area contributed by atoms with Crippen LogP contribution in [0, 0.1) is 0 Å². The van der Waals surface area contributed by atoms with Crippen molar-refractivity contribution in [1.29, 1.82) is 0 Å². The second kappa shape index (κ2) is 9.48. The molecule has 0 saturated heterocycles. The molecule has 0 aliphatic heterocycles. The monoisotopic (exact) mass is 349 g/mol. The summed E-state index contributed by atoms with van der Waals surface area (Å²) in [6.07, 6.45) is 2.29. The van der Waals surface area contributed by atoms with Crippen LogP contribution in [0.5, 0.6) is 5.75 Å².